The number of ether oxygens (including phenoxy) is 3. The summed E-state index contributed by atoms with van der Waals surface area (Å²) in [5.41, 5.74) is 9.66. The molecule has 2 saturated carbocycles. The van der Waals surface area contributed by atoms with Crippen LogP contribution in [0.2, 0.25) is 0 Å². The number of fused-ring (bicyclic) bond motifs is 6. The van der Waals surface area contributed by atoms with E-state index in [4.69, 9.17) is 24.2 Å². The Hall–Kier alpha value is -5.18. The summed E-state index contributed by atoms with van der Waals surface area (Å²) in [4.78, 5) is 64.4. The molecule has 2 amide bonds. The molecule has 0 unspecified atom stereocenters. The summed E-state index contributed by atoms with van der Waals surface area (Å²) in [5, 5.41) is 7.50. The fourth-order valence-electron chi connectivity index (χ4n) is 10.4. The number of amides is 2. The second-order valence-corrected chi connectivity index (χ2v) is 23.1. The van der Waals surface area contributed by atoms with E-state index in [-0.39, 0.29) is 37.1 Å². The van der Waals surface area contributed by atoms with E-state index in [1.807, 2.05) is 31.4 Å². The highest BCUT2D eigenvalue weighted by Gasteiger charge is 2.54. The molecule has 360 valence electrons. The predicted octanol–water partition coefficient (Wildman–Crippen LogP) is 5.56. The maximum absolute atomic E-state index is 15.0. The minimum Gasteiger partial charge on any atom is -0.464 e. The lowest BCUT2D eigenvalue weighted by Gasteiger charge is -2.42. The molecule has 2 saturated heterocycles. The molecule has 0 radical (unpaired) electrons. The molecular weight excluding hydrogens is 907 g/mol. The van der Waals surface area contributed by atoms with E-state index in [1.54, 1.807) is 25.6 Å². The molecular formula is C49H59N9O8S2. The second kappa shape index (κ2) is 18.3. The second-order valence-electron chi connectivity index (χ2n) is 20.1. The van der Waals surface area contributed by atoms with E-state index in [0.29, 0.717) is 41.7 Å². The Morgan fingerprint density at radius 1 is 1.09 bits per heavy atom. The van der Waals surface area contributed by atoms with Crippen LogP contribution in [0.5, 0.6) is 0 Å². The first-order valence-electron chi connectivity index (χ1n) is 23.5. The average molecular weight is 966 g/mol. The Morgan fingerprint density at radius 2 is 1.90 bits per heavy atom. The third-order valence-corrected chi connectivity index (χ3v) is 15.7. The SMILES string of the molecule is CO[C@@H](C)c1ncccc1-c1c2c3cc(ccc3n1C1CN(C3CC3)C1)-c1csc(n1)[C@@H](OCS(C)(=O)=O)[C@H](NC(=O)[C@@H]1[C@@H](C)[C@H]1c1ccncn1)C(=O)N1CCC[C@H](N1)C(=O)OCC(C)(C)C2. The van der Waals surface area contributed by atoms with E-state index in [9.17, 15) is 22.8 Å². The molecule has 3 aliphatic heterocycles. The van der Waals surface area contributed by atoms with Crippen LogP contribution in [0, 0.1) is 17.3 Å². The zero-order chi connectivity index (χ0) is 47.6. The standard InChI is InChI=1S/C49H59N9O8S2/c1-27-39(35-15-17-50-25-52-35)40(27)45(59)54-42-44(66-26-68(6,62)63)46-53-37(23-67-46)29-11-14-38-33(19-29)34(20-49(3,4)24-65-48(61)36-10-8-18-57(55-36)47(42)60)43(32-9-7-16-51-41(32)28(2)64-5)58(38)31-21-56(22-31)30-12-13-30/h7,9,11,14-17,19,23,25,27-28,30-31,36,39-40,42,44,55H,8,10,12-13,18,20-22,24,26H2,1-6H3,(H,54,59)/t27-,28-,36-,39-,40+,42-,44-/m0/s1. The molecule has 1 aromatic carbocycles. The van der Waals surface area contributed by atoms with Gasteiger partial charge in [-0.3, -0.25) is 29.3 Å². The molecule has 0 spiro atoms. The van der Waals surface area contributed by atoms with Crippen molar-refractivity contribution >= 4 is 49.9 Å². The summed E-state index contributed by atoms with van der Waals surface area (Å²) >= 11 is 1.22. The smallest absolute Gasteiger partial charge is 0.324 e. The van der Waals surface area contributed by atoms with E-state index in [1.165, 1.54) is 35.5 Å². The molecule has 5 aromatic rings. The van der Waals surface area contributed by atoms with Gasteiger partial charge in [0.05, 0.1) is 35.8 Å². The van der Waals surface area contributed by atoms with Crippen molar-refractivity contribution < 1.29 is 37.0 Å². The third-order valence-electron chi connectivity index (χ3n) is 14.3. The van der Waals surface area contributed by atoms with Gasteiger partial charge in [0.1, 0.15) is 35.5 Å². The Balaban J connectivity index is 1.12. The normalized spacial score (nSPS) is 26.2. The minimum atomic E-state index is -3.74. The molecule has 17 nitrogen and oxygen atoms in total. The molecule has 68 heavy (non-hydrogen) atoms. The number of benzene rings is 1. The van der Waals surface area contributed by atoms with Gasteiger partial charge in [-0.2, -0.15) is 0 Å². The number of aromatic nitrogens is 5. The maximum Gasteiger partial charge on any atom is 0.324 e. The van der Waals surface area contributed by atoms with Gasteiger partial charge < -0.3 is 24.1 Å². The Kier molecular flexibility index (Phi) is 12.5. The van der Waals surface area contributed by atoms with Gasteiger partial charge in [-0.15, -0.1) is 11.3 Å². The highest BCUT2D eigenvalue weighted by molar-refractivity contribution is 7.90. The van der Waals surface area contributed by atoms with Crippen LogP contribution in [0.15, 0.2) is 60.5 Å². The number of pyridine rings is 1. The molecule has 7 heterocycles. The highest BCUT2D eigenvalue weighted by Crippen LogP contribution is 2.53. The Labute approximate surface area is 400 Å². The van der Waals surface area contributed by atoms with Crippen LogP contribution in [0.1, 0.15) is 99.5 Å². The van der Waals surface area contributed by atoms with Crippen LogP contribution in [0.25, 0.3) is 33.4 Å². The van der Waals surface area contributed by atoms with Crippen molar-refractivity contribution in [3.8, 4) is 22.5 Å². The van der Waals surface area contributed by atoms with Crippen molar-refractivity contribution in [1.29, 1.82) is 0 Å². The van der Waals surface area contributed by atoms with Gasteiger partial charge >= 0.3 is 5.97 Å². The topological polar surface area (TPSA) is 200 Å². The zero-order valence-electron chi connectivity index (χ0n) is 39.3. The lowest BCUT2D eigenvalue weighted by Crippen LogP contribution is -2.61. The number of likely N-dealkylation sites (tertiary alicyclic amines) is 1. The van der Waals surface area contributed by atoms with Crippen LogP contribution in [0.4, 0.5) is 0 Å². The first-order valence-corrected chi connectivity index (χ1v) is 26.5. The van der Waals surface area contributed by atoms with Crippen LogP contribution in [0.3, 0.4) is 0 Å². The summed E-state index contributed by atoms with van der Waals surface area (Å²) in [6, 6.07) is 10.7. The van der Waals surface area contributed by atoms with Crippen molar-refractivity contribution in [1.82, 2.24) is 45.2 Å². The molecule has 4 fully saturated rings. The molecule has 7 atom stereocenters. The first kappa shape index (κ1) is 46.5. The Bertz CT molecular complexity index is 2840. The number of nitrogens with one attached hydrogen (secondary N) is 2. The van der Waals surface area contributed by atoms with Crippen LogP contribution in [-0.4, -0.2) is 124 Å². The summed E-state index contributed by atoms with van der Waals surface area (Å²) in [5.74, 6) is -3.09. The number of nitrogens with zero attached hydrogens (tertiary/aromatic N) is 7. The van der Waals surface area contributed by atoms with Gasteiger partial charge in [0.25, 0.3) is 5.91 Å². The van der Waals surface area contributed by atoms with E-state index in [2.05, 4.69) is 62.2 Å². The van der Waals surface area contributed by atoms with Crippen molar-refractivity contribution in [2.45, 2.75) is 102 Å². The fourth-order valence-corrected chi connectivity index (χ4v) is 11.7. The summed E-state index contributed by atoms with van der Waals surface area (Å²) in [6.45, 7) is 10.3. The maximum atomic E-state index is 15.0. The van der Waals surface area contributed by atoms with Crippen LogP contribution >= 0.6 is 11.3 Å². The van der Waals surface area contributed by atoms with E-state index < -0.39 is 63.1 Å². The molecule has 6 bridgehead atoms. The van der Waals surface area contributed by atoms with Gasteiger partial charge in [-0.25, -0.2) is 28.8 Å². The average Bonchev–Trinajstić information content (AvgIpc) is 4.19. The number of cyclic esters (lactones) is 1. The summed E-state index contributed by atoms with van der Waals surface area (Å²) in [6.07, 6.45) is 8.15. The van der Waals surface area contributed by atoms with Crippen molar-refractivity contribution in [2.75, 3.05) is 45.5 Å². The number of hydrogen-bond donors (Lipinski definition) is 2. The quantitative estimate of drug-likeness (QED) is 0.156. The monoisotopic (exact) mass is 965 g/mol. The van der Waals surface area contributed by atoms with Gasteiger partial charge in [0.15, 0.2) is 9.84 Å². The van der Waals surface area contributed by atoms with Gasteiger partial charge in [0.2, 0.25) is 5.91 Å². The van der Waals surface area contributed by atoms with Gasteiger partial charge in [-0.05, 0) is 80.8 Å². The lowest BCUT2D eigenvalue weighted by atomic mass is 9.84. The number of carbonyl (C=O) groups is 3. The van der Waals surface area contributed by atoms with Crippen molar-refractivity contribution in [3.05, 3.63) is 82.5 Å². The molecule has 19 heteroatoms. The highest BCUT2D eigenvalue weighted by atomic mass is 32.2. The molecule has 2 aliphatic carbocycles. The number of hydrazine groups is 1. The number of carbonyl (C=O) groups excluding carboxylic acids is 3. The number of thiazole rings is 1. The zero-order valence-corrected chi connectivity index (χ0v) is 40.9. The largest absolute Gasteiger partial charge is 0.464 e. The number of hydrogen-bond acceptors (Lipinski definition) is 15. The Morgan fingerprint density at radius 3 is 2.63 bits per heavy atom. The lowest BCUT2D eigenvalue weighted by molar-refractivity contribution is -0.156. The minimum absolute atomic E-state index is 0.0951. The summed E-state index contributed by atoms with van der Waals surface area (Å²) < 4.78 is 46.3. The van der Waals surface area contributed by atoms with Crippen molar-refractivity contribution in [2.24, 2.45) is 17.3 Å². The van der Waals surface area contributed by atoms with E-state index >= 15 is 0 Å². The van der Waals surface area contributed by atoms with Crippen LogP contribution in [-0.2, 0) is 44.9 Å². The van der Waals surface area contributed by atoms with Crippen LogP contribution < -0.4 is 10.7 Å². The predicted molar refractivity (Wildman–Crippen MR) is 255 cm³/mol. The number of sulfone groups is 1. The first-order chi connectivity index (χ1) is 32.6. The fraction of sp³-hybridized carbons (Fsp3) is 0.531. The number of rotatable bonds is 11. The number of methoxy groups -OCH3 is 1. The van der Waals surface area contributed by atoms with Gasteiger partial charge in [0, 0.05) is 102 Å². The molecule has 4 aromatic heterocycles. The molecule has 2 N–H and O–H groups in total. The molecule has 5 aliphatic rings. The van der Waals surface area contributed by atoms with E-state index in [0.717, 1.165) is 58.3 Å². The van der Waals surface area contributed by atoms with Gasteiger partial charge in [-0.1, -0.05) is 26.8 Å². The third kappa shape index (κ3) is 9.20. The number of esters is 1. The summed E-state index contributed by atoms with van der Waals surface area (Å²) in [7, 11) is -2.05. The molecule has 10 rings (SSSR count). The van der Waals surface area contributed by atoms with Crippen molar-refractivity contribution in [3.63, 3.8) is 0 Å².